The zero-order chi connectivity index (χ0) is 18.9. The highest BCUT2D eigenvalue weighted by molar-refractivity contribution is 7.86. The Morgan fingerprint density at radius 3 is 2.67 bits per heavy atom. The second kappa shape index (κ2) is 8.42. The molecule has 1 fully saturated rings. The Morgan fingerprint density at radius 1 is 1.41 bits per heavy atom. The summed E-state index contributed by atoms with van der Waals surface area (Å²) in [6.45, 7) is 4.77. The van der Waals surface area contributed by atoms with Crippen LogP contribution in [0.5, 0.6) is 5.75 Å². The van der Waals surface area contributed by atoms with Crippen LogP contribution in [0.2, 0.25) is 0 Å². The lowest BCUT2D eigenvalue weighted by Gasteiger charge is -2.30. The number of fused-ring (bicyclic) bond motifs is 1. The topological polar surface area (TPSA) is 119 Å². The number of aromatic nitrogens is 2. The van der Waals surface area contributed by atoms with Gasteiger partial charge in [0.2, 0.25) is 0 Å². The van der Waals surface area contributed by atoms with E-state index in [-0.39, 0.29) is 24.4 Å². The van der Waals surface area contributed by atoms with Gasteiger partial charge in [0.05, 0.1) is 12.3 Å². The minimum absolute atomic E-state index is 0. The Kier molecular flexibility index (Phi) is 6.68. The number of halogens is 1. The predicted octanol–water partition coefficient (Wildman–Crippen LogP) is 0.861. The highest BCUT2D eigenvalue weighted by Gasteiger charge is 2.28. The van der Waals surface area contributed by atoms with Crippen LogP contribution in [-0.2, 0) is 10.2 Å². The number of hydrogen-bond acceptors (Lipinski definition) is 5. The Morgan fingerprint density at radius 2 is 2.07 bits per heavy atom. The molecule has 2 aromatic heterocycles. The number of carbonyl (C=O) groups is 1. The Labute approximate surface area is 164 Å². The minimum Gasteiger partial charge on any atom is -0.490 e. The summed E-state index contributed by atoms with van der Waals surface area (Å²) in [6.07, 6.45) is 2.81. The number of nitrogens with zero attached hydrogens (tertiary/aromatic N) is 3. The average Bonchev–Trinajstić information content (AvgIpc) is 2.92. The maximum absolute atomic E-state index is 12.8. The van der Waals surface area contributed by atoms with E-state index in [0.717, 1.165) is 0 Å². The van der Waals surface area contributed by atoms with Crippen LogP contribution in [0.3, 0.4) is 0 Å². The number of carbonyl (C=O) groups excluding carboxylic acids is 1. The molecular weight excluding hydrogens is 394 g/mol. The summed E-state index contributed by atoms with van der Waals surface area (Å²) < 4.78 is 31.3. The van der Waals surface area contributed by atoms with Gasteiger partial charge in [0, 0.05) is 25.3 Å². The first-order chi connectivity index (χ1) is 12.3. The number of aryl methyl sites for hydroxylation is 1. The fourth-order valence-corrected chi connectivity index (χ4v) is 3.93. The monoisotopic (exact) mass is 417 g/mol. The van der Waals surface area contributed by atoms with Gasteiger partial charge in [-0.2, -0.15) is 12.7 Å². The number of rotatable bonds is 5. The number of ether oxygens (including phenoxy) is 1. The first-order valence-electron chi connectivity index (χ1n) is 8.50. The number of hydrogen-bond donors (Lipinski definition) is 2. The summed E-state index contributed by atoms with van der Waals surface area (Å²) in [6, 6.07) is 3.51. The number of pyridine rings is 1. The van der Waals surface area contributed by atoms with E-state index in [4.69, 9.17) is 9.88 Å². The van der Waals surface area contributed by atoms with Crippen molar-refractivity contribution in [2.45, 2.75) is 32.7 Å². The van der Waals surface area contributed by atoms with Crippen molar-refractivity contribution in [2.75, 3.05) is 19.7 Å². The number of amides is 1. The predicted molar refractivity (Wildman–Crippen MR) is 104 cm³/mol. The first-order valence-corrected chi connectivity index (χ1v) is 10.0. The van der Waals surface area contributed by atoms with E-state index in [1.165, 1.54) is 4.31 Å². The van der Waals surface area contributed by atoms with Gasteiger partial charge in [0.1, 0.15) is 5.69 Å². The highest BCUT2D eigenvalue weighted by atomic mass is 35.5. The average molecular weight is 418 g/mol. The zero-order valence-corrected chi connectivity index (χ0v) is 16.8. The van der Waals surface area contributed by atoms with E-state index >= 15 is 0 Å². The third-order valence-electron chi connectivity index (χ3n) is 4.45. The van der Waals surface area contributed by atoms with Gasteiger partial charge >= 0.3 is 0 Å². The molecule has 0 aliphatic carbocycles. The van der Waals surface area contributed by atoms with Crippen molar-refractivity contribution >= 4 is 34.2 Å². The lowest BCUT2D eigenvalue weighted by atomic mass is 10.1. The summed E-state index contributed by atoms with van der Waals surface area (Å²) in [5, 5.41) is 8.12. The summed E-state index contributed by atoms with van der Waals surface area (Å²) in [5.74, 6) is 0.385. The van der Waals surface area contributed by atoms with Gasteiger partial charge in [-0.1, -0.05) is 0 Å². The molecule has 11 heteroatoms. The van der Waals surface area contributed by atoms with E-state index in [1.807, 2.05) is 13.0 Å². The fraction of sp³-hybridized carbons (Fsp3) is 0.500. The molecule has 1 amide bonds. The summed E-state index contributed by atoms with van der Waals surface area (Å²) >= 11 is 0. The lowest BCUT2D eigenvalue weighted by molar-refractivity contribution is 0.0917. The molecular formula is C16H24ClN5O4S. The third-order valence-corrected chi connectivity index (χ3v) is 5.54. The number of nitrogens with one attached hydrogen (secondary N) is 1. The van der Waals surface area contributed by atoms with Crippen molar-refractivity contribution in [3.63, 3.8) is 0 Å². The van der Waals surface area contributed by atoms with E-state index in [2.05, 4.69) is 10.3 Å². The van der Waals surface area contributed by atoms with Crippen LogP contribution in [-0.4, -0.2) is 53.8 Å². The normalized spacial score (nSPS) is 16.1. The van der Waals surface area contributed by atoms with Gasteiger partial charge in [-0.05, 0) is 38.8 Å². The molecule has 0 atom stereocenters. The zero-order valence-electron chi connectivity index (χ0n) is 15.2. The Bertz CT molecular complexity index is 922. The molecule has 1 aliphatic rings. The number of imidazole rings is 1. The smallest absolute Gasteiger partial charge is 0.276 e. The summed E-state index contributed by atoms with van der Waals surface area (Å²) in [5.41, 5.74) is 1.66. The van der Waals surface area contributed by atoms with Crippen LogP contribution < -0.4 is 15.2 Å². The second-order valence-corrected chi connectivity index (χ2v) is 7.78. The van der Waals surface area contributed by atoms with Gasteiger partial charge in [-0.25, -0.2) is 10.1 Å². The fourth-order valence-electron chi connectivity index (χ4n) is 3.21. The molecule has 1 saturated heterocycles. The number of piperidine rings is 1. The van der Waals surface area contributed by atoms with Crippen molar-refractivity contribution in [3.8, 4) is 5.75 Å². The summed E-state index contributed by atoms with van der Waals surface area (Å²) in [4.78, 5) is 17.3. The molecule has 0 bridgehead atoms. The molecule has 0 radical (unpaired) electrons. The molecule has 1 aliphatic heterocycles. The molecule has 3 heterocycles. The first kappa shape index (κ1) is 21.4. The van der Waals surface area contributed by atoms with Crippen molar-refractivity contribution in [1.82, 2.24) is 19.0 Å². The molecule has 150 valence electrons. The molecule has 3 N–H and O–H groups in total. The molecule has 0 saturated carbocycles. The van der Waals surface area contributed by atoms with Crippen molar-refractivity contribution in [2.24, 2.45) is 5.14 Å². The van der Waals surface area contributed by atoms with Crippen LogP contribution in [0.1, 0.15) is 35.9 Å². The van der Waals surface area contributed by atoms with Gasteiger partial charge in [0.15, 0.2) is 11.4 Å². The van der Waals surface area contributed by atoms with Gasteiger partial charge < -0.3 is 10.1 Å². The molecule has 0 aromatic carbocycles. The largest absolute Gasteiger partial charge is 0.490 e. The van der Waals surface area contributed by atoms with E-state index in [0.29, 0.717) is 55.3 Å². The van der Waals surface area contributed by atoms with Crippen LogP contribution >= 0.6 is 12.4 Å². The van der Waals surface area contributed by atoms with Crippen LogP contribution in [0.15, 0.2) is 18.3 Å². The highest BCUT2D eigenvalue weighted by Crippen LogP contribution is 2.22. The molecule has 3 rings (SSSR count). The Balaban J connectivity index is 0.00000261. The summed E-state index contributed by atoms with van der Waals surface area (Å²) in [7, 11) is -3.67. The molecule has 9 nitrogen and oxygen atoms in total. The van der Waals surface area contributed by atoms with E-state index < -0.39 is 10.2 Å². The van der Waals surface area contributed by atoms with Crippen LogP contribution in [0.25, 0.3) is 5.65 Å². The lowest BCUT2D eigenvalue weighted by Crippen LogP contribution is -2.48. The van der Waals surface area contributed by atoms with Gasteiger partial charge in [-0.3, -0.25) is 9.20 Å². The maximum Gasteiger partial charge on any atom is 0.276 e. The van der Waals surface area contributed by atoms with Gasteiger partial charge in [0.25, 0.3) is 16.1 Å². The quantitative estimate of drug-likeness (QED) is 0.747. The van der Waals surface area contributed by atoms with Crippen molar-refractivity contribution in [1.29, 1.82) is 0 Å². The number of nitrogens with two attached hydrogens (primary N) is 1. The Hall–Kier alpha value is -1.88. The molecule has 0 spiro atoms. The van der Waals surface area contributed by atoms with Crippen molar-refractivity contribution in [3.05, 3.63) is 29.7 Å². The maximum atomic E-state index is 12.8. The molecule has 0 unspecified atom stereocenters. The molecule has 27 heavy (non-hydrogen) atoms. The van der Waals surface area contributed by atoms with Gasteiger partial charge in [-0.15, -0.1) is 12.4 Å². The molecule has 2 aromatic rings. The van der Waals surface area contributed by atoms with Crippen molar-refractivity contribution < 1.29 is 17.9 Å². The van der Waals surface area contributed by atoms with Crippen LogP contribution in [0, 0.1) is 6.92 Å². The SMILES string of the molecule is CCOc1cccn2c(C(=O)NC3CCN(S(N)(=O)=O)CC3)c(C)nc12.Cl. The standard InChI is InChI=1S/C16H23N5O4S.ClH/c1-3-25-13-5-4-8-21-14(11(2)18-15(13)21)16(22)19-12-6-9-20(10-7-12)26(17,23)24;/h4-5,8,12H,3,6-7,9-10H2,1-2H3,(H,19,22)(H2,17,23,24);1H. The second-order valence-electron chi connectivity index (χ2n) is 6.24. The van der Waals surface area contributed by atoms with E-state index in [9.17, 15) is 13.2 Å². The van der Waals surface area contributed by atoms with E-state index in [1.54, 1.807) is 23.6 Å². The van der Waals surface area contributed by atoms with Crippen LogP contribution in [0.4, 0.5) is 0 Å². The third kappa shape index (κ3) is 4.52. The minimum atomic E-state index is -3.67.